The molecule has 2 aromatic rings. The summed E-state index contributed by atoms with van der Waals surface area (Å²) in [6, 6.07) is 11.0. The Morgan fingerprint density at radius 1 is 1.25 bits per heavy atom. The molecule has 0 spiro atoms. The number of hydrogen-bond donors (Lipinski definition) is 0. The third kappa shape index (κ3) is 4.32. The Hall–Kier alpha value is -2.40. The lowest BCUT2D eigenvalue weighted by molar-refractivity contribution is -0.125. The van der Waals surface area contributed by atoms with Crippen LogP contribution >= 0.6 is 11.6 Å². The Morgan fingerprint density at radius 3 is 2.75 bits per heavy atom. The molecule has 3 rings (SSSR count). The van der Waals surface area contributed by atoms with Crippen LogP contribution in [0.4, 0.5) is 0 Å². The minimum Gasteiger partial charge on any atom is -0.471 e. The van der Waals surface area contributed by atoms with Gasteiger partial charge in [-0.25, -0.2) is 0 Å². The summed E-state index contributed by atoms with van der Waals surface area (Å²) in [6.45, 7) is 3.10. The first kappa shape index (κ1) is 16.5. The van der Waals surface area contributed by atoms with Crippen molar-refractivity contribution < 1.29 is 9.53 Å². The van der Waals surface area contributed by atoms with Gasteiger partial charge in [0.05, 0.1) is 12.2 Å². The molecule has 2 heterocycles. The van der Waals surface area contributed by atoms with Crippen LogP contribution in [0.1, 0.15) is 17.7 Å². The molecule has 5 nitrogen and oxygen atoms in total. The summed E-state index contributed by atoms with van der Waals surface area (Å²) >= 11 is 5.85. The van der Waals surface area contributed by atoms with Crippen molar-refractivity contribution in [1.82, 2.24) is 15.1 Å². The molecule has 1 aromatic heterocycles. The topological polar surface area (TPSA) is 55.3 Å². The smallest absolute Gasteiger partial charge is 0.246 e. The fraction of sp³-hybridized carbons (Fsp3) is 0.278. The van der Waals surface area contributed by atoms with Crippen molar-refractivity contribution in [2.45, 2.75) is 19.4 Å². The molecule has 1 aliphatic rings. The molecule has 0 N–H and O–H groups in total. The maximum absolute atomic E-state index is 12.3. The molecule has 1 atom stereocenters. The third-order valence-corrected chi connectivity index (χ3v) is 4.06. The zero-order chi connectivity index (χ0) is 16.9. The molecule has 0 radical (unpaired) electrons. The van der Waals surface area contributed by atoms with E-state index < -0.39 is 0 Å². The summed E-state index contributed by atoms with van der Waals surface area (Å²) in [5.74, 6) is 0.475. The van der Waals surface area contributed by atoms with Crippen LogP contribution in [0.5, 0.6) is 5.88 Å². The van der Waals surface area contributed by atoms with Crippen molar-refractivity contribution in [3.8, 4) is 5.88 Å². The highest BCUT2D eigenvalue weighted by atomic mass is 35.5. The van der Waals surface area contributed by atoms with E-state index in [0.717, 1.165) is 17.7 Å². The van der Waals surface area contributed by atoms with Crippen LogP contribution in [-0.4, -0.2) is 40.2 Å². The number of nitrogens with zero attached hydrogens (tertiary/aromatic N) is 3. The second-order valence-electron chi connectivity index (χ2n) is 5.71. The van der Waals surface area contributed by atoms with Gasteiger partial charge < -0.3 is 9.64 Å². The van der Waals surface area contributed by atoms with E-state index in [2.05, 4.69) is 10.2 Å². The van der Waals surface area contributed by atoms with Gasteiger partial charge in [0.1, 0.15) is 6.10 Å². The summed E-state index contributed by atoms with van der Waals surface area (Å²) < 4.78 is 5.78. The van der Waals surface area contributed by atoms with Gasteiger partial charge in [-0.1, -0.05) is 23.7 Å². The van der Waals surface area contributed by atoms with Crippen molar-refractivity contribution in [3.63, 3.8) is 0 Å². The quantitative estimate of drug-likeness (QED) is 0.800. The summed E-state index contributed by atoms with van der Waals surface area (Å²) in [5, 5.41) is 8.64. The van der Waals surface area contributed by atoms with Crippen LogP contribution < -0.4 is 4.74 Å². The zero-order valence-corrected chi connectivity index (χ0v) is 14.1. The molecule has 1 amide bonds. The van der Waals surface area contributed by atoms with Gasteiger partial charge in [0.25, 0.3) is 0 Å². The zero-order valence-electron chi connectivity index (χ0n) is 13.4. The highest BCUT2D eigenvalue weighted by molar-refractivity contribution is 6.30. The molecule has 1 unspecified atom stereocenters. The summed E-state index contributed by atoms with van der Waals surface area (Å²) in [4.78, 5) is 14.0. The number of aromatic nitrogens is 2. The number of hydrogen-bond acceptors (Lipinski definition) is 4. The minimum atomic E-state index is -0.0464. The lowest BCUT2D eigenvalue weighted by Gasteiger charge is -2.15. The van der Waals surface area contributed by atoms with Crippen molar-refractivity contribution in [2.24, 2.45) is 0 Å². The van der Waals surface area contributed by atoms with Gasteiger partial charge in [-0.2, -0.15) is 5.10 Å². The number of halogens is 1. The van der Waals surface area contributed by atoms with Gasteiger partial charge in [0.2, 0.25) is 11.8 Å². The van der Waals surface area contributed by atoms with Gasteiger partial charge in [-0.3, -0.25) is 4.79 Å². The van der Waals surface area contributed by atoms with Gasteiger partial charge >= 0.3 is 0 Å². The Morgan fingerprint density at radius 2 is 2.04 bits per heavy atom. The van der Waals surface area contributed by atoms with Crippen LogP contribution in [0.3, 0.4) is 0 Å². The van der Waals surface area contributed by atoms with Crippen molar-refractivity contribution in [3.05, 3.63) is 58.8 Å². The third-order valence-electron chi connectivity index (χ3n) is 3.81. The first-order valence-electron chi connectivity index (χ1n) is 7.80. The second-order valence-corrected chi connectivity index (χ2v) is 6.15. The van der Waals surface area contributed by atoms with E-state index in [0.29, 0.717) is 24.0 Å². The van der Waals surface area contributed by atoms with Crippen molar-refractivity contribution in [2.75, 3.05) is 13.1 Å². The number of likely N-dealkylation sites (tertiary alicyclic amines) is 1. The molecule has 0 aliphatic carbocycles. The number of carbonyl (C=O) groups excluding carboxylic acids is 1. The van der Waals surface area contributed by atoms with E-state index in [1.54, 1.807) is 35.3 Å². The fourth-order valence-electron chi connectivity index (χ4n) is 2.49. The Labute approximate surface area is 145 Å². The standard InChI is InChI=1S/C18H18ClN3O2/c1-13-2-8-17(21-20-13)24-16-10-11-22(12-16)18(23)9-5-14-3-6-15(19)7-4-14/h2-9,16H,10-12H2,1H3/b9-5+. The summed E-state index contributed by atoms with van der Waals surface area (Å²) in [6.07, 6.45) is 4.11. The van der Waals surface area contributed by atoms with Crippen LogP contribution in [0, 0.1) is 6.92 Å². The monoisotopic (exact) mass is 343 g/mol. The predicted octanol–water partition coefficient (Wildman–Crippen LogP) is 3.13. The maximum atomic E-state index is 12.3. The molecule has 24 heavy (non-hydrogen) atoms. The van der Waals surface area contributed by atoms with E-state index in [4.69, 9.17) is 16.3 Å². The van der Waals surface area contributed by atoms with E-state index >= 15 is 0 Å². The highest BCUT2D eigenvalue weighted by Gasteiger charge is 2.26. The number of rotatable bonds is 4. The molecule has 1 aromatic carbocycles. The number of ether oxygens (including phenoxy) is 1. The first-order chi connectivity index (χ1) is 11.6. The Balaban J connectivity index is 1.53. The Bertz CT molecular complexity index is 729. The van der Waals surface area contributed by atoms with Gasteiger partial charge in [-0.15, -0.1) is 5.10 Å². The predicted molar refractivity (Wildman–Crippen MR) is 92.9 cm³/mol. The van der Waals surface area contributed by atoms with Crippen LogP contribution in [0.15, 0.2) is 42.5 Å². The summed E-state index contributed by atoms with van der Waals surface area (Å²) in [5.41, 5.74) is 1.78. The molecule has 1 fully saturated rings. The van der Waals surface area contributed by atoms with Crippen LogP contribution in [-0.2, 0) is 4.79 Å². The molecule has 1 aliphatic heterocycles. The summed E-state index contributed by atoms with van der Waals surface area (Å²) in [7, 11) is 0. The van der Waals surface area contributed by atoms with Crippen LogP contribution in [0.2, 0.25) is 5.02 Å². The first-order valence-corrected chi connectivity index (χ1v) is 8.17. The maximum Gasteiger partial charge on any atom is 0.246 e. The average Bonchev–Trinajstić information content (AvgIpc) is 3.05. The van der Waals surface area contributed by atoms with Crippen molar-refractivity contribution in [1.29, 1.82) is 0 Å². The van der Waals surface area contributed by atoms with Gasteiger partial charge in [0, 0.05) is 30.1 Å². The van der Waals surface area contributed by atoms with E-state index in [1.807, 2.05) is 25.1 Å². The second kappa shape index (κ2) is 7.45. The van der Waals surface area contributed by atoms with E-state index in [-0.39, 0.29) is 12.0 Å². The lowest BCUT2D eigenvalue weighted by atomic mass is 10.2. The molecular formula is C18H18ClN3O2. The number of benzene rings is 1. The minimum absolute atomic E-state index is 0.0222. The molecule has 0 bridgehead atoms. The fourth-order valence-corrected chi connectivity index (χ4v) is 2.62. The van der Waals surface area contributed by atoms with E-state index in [1.165, 1.54) is 0 Å². The number of aryl methyl sites for hydroxylation is 1. The molecule has 6 heteroatoms. The SMILES string of the molecule is Cc1ccc(OC2CCN(C(=O)/C=C/c3ccc(Cl)cc3)C2)nn1. The number of carbonyl (C=O) groups is 1. The number of amides is 1. The molecular weight excluding hydrogens is 326 g/mol. The molecule has 124 valence electrons. The van der Waals surface area contributed by atoms with Crippen molar-refractivity contribution >= 4 is 23.6 Å². The average molecular weight is 344 g/mol. The molecule has 0 saturated carbocycles. The highest BCUT2D eigenvalue weighted by Crippen LogP contribution is 2.17. The molecule has 1 saturated heterocycles. The Kier molecular flexibility index (Phi) is 5.11. The van der Waals surface area contributed by atoms with Gasteiger partial charge in [0.15, 0.2) is 0 Å². The van der Waals surface area contributed by atoms with Gasteiger partial charge in [-0.05, 0) is 36.8 Å². The largest absolute Gasteiger partial charge is 0.471 e. The van der Waals surface area contributed by atoms with E-state index in [9.17, 15) is 4.79 Å². The lowest BCUT2D eigenvalue weighted by Crippen LogP contribution is -2.29. The normalized spacial score (nSPS) is 17.4. The van der Waals surface area contributed by atoms with Crippen LogP contribution in [0.25, 0.3) is 6.08 Å².